The summed E-state index contributed by atoms with van der Waals surface area (Å²) >= 11 is 0. The van der Waals surface area contributed by atoms with E-state index in [2.05, 4.69) is 89.2 Å². The van der Waals surface area contributed by atoms with Crippen LogP contribution in [0.2, 0.25) is 0 Å². The molecule has 0 radical (unpaired) electrons. The molecule has 1 amide bonds. The van der Waals surface area contributed by atoms with Crippen molar-refractivity contribution >= 4 is 5.91 Å². The molecule has 182 valence electrons. The van der Waals surface area contributed by atoms with Crippen LogP contribution in [0, 0.1) is 10.8 Å². The normalized spacial score (nSPS) is 16.2. The molecule has 0 atom stereocenters. The number of hydrogen-bond donors (Lipinski definition) is 0. The first kappa shape index (κ1) is 28.2. The van der Waals surface area contributed by atoms with Crippen LogP contribution >= 0.6 is 0 Å². The number of pyridine rings is 1. The number of hydrogen-bond acceptors (Lipinski definition) is 2. The van der Waals surface area contributed by atoms with Crippen LogP contribution < -0.4 is 5.56 Å². The molecule has 2 rings (SSSR count). The summed E-state index contributed by atoms with van der Waals surface area (Å²) in [6, 6.07) is 2.07. The van der Waals surface area contributed by atoms with Crippen LogP contribution in [0.1, 0.15) is 101 Å². The summed E-state index contributed by atoms with van der Waals surface area (Å²) in [6.45, 7) is 26.6. The average molecular weight is 445 g/mol. The van der Waals surface area contributed by atoms with Gasteiger partial charge in [0, 0.05) is 38.0 Å². The van der Waals surface area contributed by atoms with E-state index < -0.39 is 0 Å². The molecule has 1 aliphatic rings. The van der Waals surface area contributed by atoms with E-state index in [9.17, 15) is 9.59 Å². The van der Waals surface area contributed by atoms with Gasteiger partial charge in [-0.15, -0.1) is 0 Å². The fraction of sp³-hybridized carbons (Fsp3) is 0.714. The van der Waals surface area contributed by atoms with E-state index in [4.69, 9.17) is 0 Å². The Bertz CT molecular complexity index is 921. The first-order chi connectivity index (χ1) is 14.1. The first-order valence-electron chi connectivity index (χ1n) is 11.8. The monoisotopic (exact) mass is 444 g/mol. The van der Waals surface area contributed by atoms with Gasteiger partial charge in [0.05, 0.1) is 0 Å². The van der Waals surface area contributed by atoms with Gasteiger partial charge in [-0.1, -0.05) is 88.7 Å². The van der Waals surface area contributed by atoms with Gasteiger partial charge in [-0.25, -0.2) is 0 Å². The Balaban J connectivity index is 0.000000320. The maximum atomic E-state index is 12.3. The summed E-state index contributed by atoms with van der Waals surface area (Å²) in [7, 11) is 3.71. The number of likely N-dealkylation sites (N-methyl/N-ethyl adjacent to an activating group) is 1. The number of aromatic nitrogens is 1. The summed E-state index contributed by atoms with van der Waals surface area (Å²) in [6.07, 6.45) is 2.87. The van der Waals surface area contributed by atoms with Gasteiger partial charge < -0.3 is 9.47 Å². The fourth-order valence-corrected chi connectivity index (χ4v) is 4.33. The molecule has 0 aromatic carbocycles. The third-order valence-corrected chi connectivity index (χ3v) is 6.04. The zero-order valence-electron chi connectivity index (χ0n) is 23.3. The van der Waals surface area contributed by atoms with E-state index in [0.717, 1.165) is 29.7 Å². The molecular formula is C28H48N2O2. The van der Waals surface area contributed by atoms with Gasteiger partial charge in [0.1, 0.15) is 0 Å². The predicted molar refractivity (Wildman–Crippen MR) is 137 cm³/mol. The third-order valence-electron chi connectivity index (χ3n) is 6.04. The summed E-state index contributed by atoms with van der Waals surface area (Å²) in [4.78, 5) is 26.4. The highest BCUT2D eigenvalue weighted by Crippen LogP contribution is 2.41. The Morgan fingerprint density at radius 2 is 1.22 bits per heavy atom. The summed E-state index contributed by atoms with van der Waals surface area (Å²) in [5.74, 6) is 0.212. The molecule has 0 aliphatic carbocycles. The molecule has 1 aromatic rings. The van der Waals surface area contributed by atoms with Gasteiger partial charge in [-0.05, 0) is 39.7 Å². The van der Waals surface area contributed by atoms with Crippen molar-refractivity contribution in [3.05, 3.63) is 44.9 Å². The van der Waals surface area contributed by atoms with Gasteiger partial charge >= 0.3 is 0 Å². The lowest BCUT2D eigenvalue weighted by molar-refractivity contribution is -0.127. The topological polar surface area (TPSA) is 42.3 Å². The molecule has 0 saturated heterocycles. The Labute approximate surface area is 197 Å². The molecular weight excluding hydrogens is 396 g/mol. The predicted octanol–water partition coefficient (Wildman–Crippen LogP) is 6.22. The Morgan fingerprint density at radius 3 is 1.59 bits per heavy atom. The highest BCUT2D eigenvalue weighted by atomic mass is 16.2. The minimum Gasteiger partial charge on any atom is -0.342 e. The summed E-state index contributed by atoms with van der Waals surface area (Å²) < 4.78 is 1.66. The maximum absolute atomic E-state index is 12.3. The second kappa shape index (κ2) is 9.19. The van der Waals surface area contributed by atoms with Crippen LogP contribution in [0.15, 0.2) is 28.2 Å². The molecule has 0 saturated carbocycles. The van der Waals surface area contributed by atoms with Crippen LogP contribution in [0.3, 0.4) is 0 Å². The van der Waals surface area contributed by atoms with Crippen molar-refractivity contribution in [2.75, 3.05) is 13.6 Å². The smallest absolute Gasteiger partial charge is 0.254 e. The number of carbonyl (C=O) groups excluding carboxylic acids is 1. The highest BCUT2D eigenvalue weighted by Gasteiger charge is 2.36. The molecule has 4 heteroatoms. The molecule has 0 N–H and O–H groups in total. The highest BCUT2D eigenvalue weighted by molar-refractivity contribution is 5.96. The number of rotatable bonds is 0. The van der Waals surface area contributed by atoms with E-state index in [1.165, 1.54) is 5.57 Å². The van der Waals surface area contributed by atoms with Gasteiger partial charge in [-0.2, -0.15) is 0 Å². The lowest BCUT2D eigenvalue weighted by Crippen LogP contribution is -2.40. The van der Waals surface area contributed by atoms with Crippen LogP contribution in [-0.4, -0.2) is 29.0 Å². The molecule has 0 bridgehead atoms. The van der Waals surface area contributed by atoms with Gasteiger partial charge in [0.2, 0.25) is 5.91 Å². The molecule has 0 fully saturated rings. The maximum Gasteiger partial charge on any atom is 0.254 e. The zero-order chi connectivity index (χ0) is 25.4. The van der Waals surface area contributed by atoms with Crippen LogP contribution in [0.5, 0.6) is 0 Å². The lowest BCUT2D eigenvalue weighted by atomic mass is 9.72. The Kier molecular flexibility index (Phi) is 8.10. The number of amides is 1. The minimum absolute atomic E-state index is 0.00995. The SMILES string of the molecule is CN1CCC(C(C)(C)C)=C(C(C)(C)C)C1=O.Cn1ccc(C(C)(C)C)c(C(C)(C)C)c1=O. The van der Waals surface area contributed by atoms with Crippen molar-refractivity contribution in [2.45, 2.75) is 100 Å². The number of carbonyl (C=O) groups is 1. The van der Waals surface area contributed by atoms with E-state index >= 15 is 0 Å². The molecule has 1 aromatic heterocycles. The second-order valence-corrected chi connectivity index (χ2v) is 13.4. The molecule has 1 aliphatic heterocycles. The zero-order valence-corrected chi connectivity index (χ0v) is 23.3. The minimum atomic E-state index is -0.112. The number of aryl methyl sites for hydroxylation is 1. The van der Waals surface area contributed by atoms with E-state index in [0.29, 0.717) is 0 Å². The van der Waals surface area contributed by atoms with Crippen LogP contribution in [0.25, 0.3) is 0 Å². The quantitative estimate of drug-likeness (QED) is 0.477. The van der Waals surface area contributed by atoms with Crippen LogP contribution in [-0.2, 0) is 22.7 Å². The van der Waals surface area contributed by atoms with Crippen molar-refractivity contribution < 1.29 is 4.79 Å². The lowest BCUT2D eigenvalue weighted by Gasteiger charge is -2.38. The van der Waals surface area contributed by atoms with Gasteiger partial charge in [-0.3, -0.25) is 9.59 Å². The first-order valence-corrected chi connectivity index (χ1v) is 11.8. The third kappa shape index (κ3) is 6.59. The van der Waals surface area contributed by atoms with Crippen molar-refractivity contribution in [3.63, 3.8) is 0 Å². The van der Waals surface area contributed by atoms with Gasteiger partial charge in [0.25, 0.3) is 5.56 Å². The summed E-state index contributed by atoms with van der Waals surface area (Å²) in [5.41, 5.74) is 4.51. The Hall–Kier alpha value is -1.84. The Morgan fingerprint density at radius 1 is 0.719 bits per heavy atom. The molecule has 0 spiro atoms. The largest absolute Gasteiger partial charge is 0.342 e. The van der Waals surface area contributed by atoms with Crippen molar-refractivity contribution in [2.24, 2.45) is 17.9 Å². The fourth-order valence-electron chi connectivity index (χ4n) is 4.33. The van der Waals surface area contributed by atoms with E-state index in [1.807, 2.05) is 25.2 Å². The van der Waals surface area contributed by atoms with E-state index in [1.54, 1.807) is 4.57 Å². The van der Waals surface area contributed by atoms with Gasteiger partial charge in [0.15, 0.2) is 0 Å². The van der Waals surface area contributed by atoms with Crippen molar-refractivity contribution in [1.29, 1.82) is 0 Å². The molecule has 4 nitrogen and oxygen atoms in total. The molecule has 32 heavy (non-hydrogen) atoms. The van der Waals surface area contributed by atoms with E-state index in [-0.39, 0.29) is 33.1 Å². The molecule has 0 unspecified atom stereocenters. The van der Waals surface area contributed by atoms with Crippen LogP contribution in [0.4, 0.5) is 0 Å². The second-order valence-electron chi connectivity index (χ2n) is 13.4. The average Bonchev–Trinajstić information content (AvgIpc) is 2.55. The molecule has 2 heterocycles. The number of nitrogens with zero attached hydrogens (tertiary/aromatic N) is 2. The summed E-state index contributed by atoms with van der Waals surface area (Å²) in [5, 5.41) is 0. The van der Waals surface area contributed by atoms with Crippen molar-refractivity contribution in [3.8, 4) is 0 Å². The standard InChI is InChI=1S/C14H25NO.C14H23NO/c2*1-13(2,3)10-8-9-15(7)12(16)11(10)14(4,5)6/h8-9H2,1-7H3;8-9H,1-7H3. The van der Waals surface area contributed by atoms with Crippen molar-refractivity contribution in [1.82, 2.24) is 9.47 Å².